The Labute approximate surface area is 127 Å². The lowest BCUT2D eigenvalue weighted by molar-refractivity contribution is 0.0926. The molecule has 0 fully saturated rings. The molecule has 22 heavy (non-hydrogen) atoms. The highest BCUT2D eigenvalue weighted by Gasteiger charge is 2.15. The second kappa shape index (κ2) is 8.24. The Kier molecular flexibility index (Phi) is 6.03. The quantitative estimate of drug-likeness (QED) is 0.797. The number of ether oxygens (including phenoxy) is 1. The van der Waals surface area contributed by atoms with Crippen LogP contribution in [0, 0.1) is 11.6 Å². The Morgan fingerprint density at radius 3 is 2.36 bits per heavy atom. The molecule has 0 saturated heterocycles. The molecular weight excluding hydrogens is 288 g/mol. The molecule has 116 valence electrons. The number of halogens is 2. The van der Waals surface area contributed by atoms with Gasteiger partial charge in [-0.2, -0.15) is 0 Å². The number of nitrogens with one attached hydrogen (secondary N) is 1. The number of amides is 1. The lowest BCUT2D eigenvalue weighted by atomic mass is 10.2. The van der Waals surface area contributed by atoms with Crippen molar-refractivity contribution in [2.24, 2.45) is 0 Å². The highest BCUT2D eigenvalue weighted by molar-refractivity contribution is 5.94. The molecule has 0 aliphatic carbocycles. The first-order chi connectivity index (χ1) is 10.7. The van der Waals surface area contributed by atoms with Gasteiger partial charge >= 0.3 is 0 Å². The standard InChI is InChI=1S/C17H17F2NO2/c18-14-8-4-9-15(19)16(14)17(21)20-10-5-11-22-12-13-6-2-1-3-7-13/h1-4,6-9H,5,10-12H2,(H,20,21). The zero-order chi connectivity index (χ0) is 15.8. The molecule has 0 spiro atoms. The van der Waals surface area contributed by atoms with Crippen molar-refractivity contribution in [2.45, 2.75) is 13.0 Å². The molecule has 5 heteroatoms. The zero-order valence-corrected chi connectivity index (χ0v) is 12.0. The summed E-state index contributed by atoms with van der Waals surface area (Å²) < 4.78 is 32.2. The van der Waals surface area contributed by atoms with Gasteiger partial charge in [-0.15, -0.1) is 0 Å². The third-order valence-electron chi connectivity index (χ3n) is 3.05. The van der Waals surface area contributed by atoms with E-state index in [4.69, 9.17) is 4.74 Å². The summed E-state index contributed by atoms with van der Waals surface area (Å²) in [5, 5.41) is 2.48. The Morgan fingerprint density at radius 2 is 1.68 bits per heavy atom. The van der Waals surface area contributed by atoms with Gasteiger partial charge in [0.25, 0.3) is 5.91 Å². The van der Waals surface area contributed by atoms with Crippen molar-refractivity contribution in [2.75, 3.05) is 13.2 Å². The molecule has 2 rings (SSSR count). The van der Waals surface area contributed by atoms with Crippen LogP contribution in [0.2, 0.25) is 0 Å². The molecule has 0 unspecified atom stereocenters. The largest absolute Gasteiger partial charge is 0.377 e. The van der Waals surface area contributed by atoms with Gasteiger partial charge in [-0.05, 0) is 24.1 Å². The van der Waals surface area contributed by atoms with Crippen molar-refractivity contribution < 1.29 is 18.3 Å². The molecular formula is C17H17F2NO2. The van der Waals surface area contributed by atoms with Gasteiger partial charge in [0, 0.05) is 13.2 Å². The van der Waals surface area contributed by atoms with Crippen molar-refractivity contribution in [3.05, 3.63) is 71.3 Å². The molecule has 2 aromatic carbocycles. The monoisotopic (exact) mass is 305 g/mol. The van der Waals surface area contributed by atoms with Crippen molar-refractivity contribution in [1.82, 2.24) is 5.32 Å². The summed E-state index contributed by atoms with van der Waals surface area (Å²) in [7, 11) is 0. The van der Waals surface area contributed by atoms with Gasteiger partial charge in [-0.3, -0.25) is 4.79 Å². The number of rotatable bonds is 7. The van der Waals surface area contributed by atoms with Crippen molar-refractivity contribution in [1.29, 1.82) is 0 Å². The fourth-order valence-corrected chi connectivity index (χ4v) is 1.94. The second-order valence-corrected chi connectivity index (χ2v) is 4.74. The fraction of sp³-hybridized carbons (Fsp3) is 0.235. The summed E-state index contributed by atoms with van der Waals surface area (Å²) in [6, 6.07) is 13.1. The molecule has 0 aliphatic rings. The van der Waals surface area contributed by atoms with E-state index in [1.54, 1.807) is 0 Å². The van der Waals surface area contributed by atoms with Crippen LogP contribution in [0.3, 0.4) is 0 Å². The minimum atomic E-state index is -0.863. The van der Waals surface area contributed by atoms with Gasteiger partial charge in [0.1, 0.15) is 17.2 Å². The van der Waals surface area contributed by atoms with Crippen molar-refractivity contribution in [3.8, 4) is 0 Å². The smallest absolute Gasteiger partial charge is 0.257 e. The third-order valence-corrected chi connectivity index (χ3v) is 3.05. The van der Waals surface area contributed by atoms with Crippen LogP contribution < -0.4 is 5.32 Å². The van der Waals surface area contributed by atoms with E-state index < -0.39 is 23.1 Å². The maximum absolute atomic E-state index is 13.4. The Bertz CT molecular complexity index is 597. The molecule has 1 N–H and O–H groups in total. The van der Waals surface area contributed by atoms with Gasteiger partial charge in [0.05, 0.1) is 6.61 Å². The van der Waals surface area contributed by atoms with Crippen LogP contribution in [0.5, 0.6) is 0 Å². The van der Waals surface area contributed by atoms with Crippen LogP contribution in [-0.4, -0.2) is 19.1 Å². The molecule has 0 heterocycles. The minimum Gasteiger partial charge on any atom is -0.377 e. The van der Waals surface area contributed by atoms with E-state index in [9.17, 15) is 13.6 Å². The Morgan fingerprint density at radius 1 is 1.00 bits per heavy atom. The second-order valence-electron chi connectivity index (χ2n) is 4.74. The maximum Gasteiger partial charge on any atom is 0.257 e. The highest BCUT2D eigenvalue weighted by atomic mass is 19.1. The van der Waals surface area contributed by atoms with E-state index in [-0.39, 0.29) is 0 Å². The summed E-state index contributed by atoms with van der Waals surface area (Å²) in [5.41, 5.74) is 0.521. The number of hydrogen-bond acceptors (Lipinski definition) is 2. The molecule has 0 aliphatic heterocycles. The van der Waals surface area contributed by atoms with E-state index in [0.717, 1.165) is 17.7 Å². The van der Waals surface area contributed by atoms with Crippen LogP contribution in [0.15, 0.2) is 48.5 Å². The molecule has 3 nitrogen and oxygen atoms in total. The normalized spacial score (nSPS) is 10.5. The zero-order valence-electron chi connectivity index (χ0n) is 12.0. The summed E-state index contributed by atoms with van der Waals surface area (Å²) in [5.74, 6) is -2.48. The van der Waals surface area contributed by atoms with Crippen LogP contribution in [-0.2, 0) is 11.3 Å². The van der Waals surface area contributed by atoms with Gasteiger partial charge in [0.15, 0.2) is 0 Å². The lowest BCUT2D eigenvalue weighted by Gasteiger charge is -2.07. The van der Waals surface area contributed by atoms with Gasteiger partial charge < -0.3 is 10.1 Å². The Hall–Kier alpha value is -2.27. The van der Waals surface area contributed by atoms with Gasteiger partial charge in [0.2, 0.25) is 0 Å². The SMILES string of the molecule is O=C(NCCCOCc1ccccc1)c1c(F)cccc1F. The topological polar surface area (TPSA) is 38.3 Å². The number of carbonyl (C=O) groups is 1. The first-order valence-electron chi connectivity index (χ1n) is 7.02. The summed E-state index contributed by atoms with van der Waals surface area (Å²) in [6.07, 6.45) is 0.564. The van der Waals surface area contributed by atoms with Gasteiger partial charge in [-0.25, -0.2) is 8.78 Å². The van der Waals surface area contributed by atoms with E-state index >= 15 is 0 Å². The number of hydrogen-bond donors (Lipinski definition) is 1. The Balaban J connectivity index is 1.67. The first kappa shape index (κ1) is 16.1. The summed E-state index contributed by atoms with van der Waals surface area (Å²) >= 11 is 0. The average Bonchev–Trinajstić information content (AvgIpc) is 2.51. The van der Waals surface area contributed by atoms with Crippen LogP contribution in [0.4, 0.5) is 8.78 Å². The van der Waals surface area contributed by atoms with Crippen molar-refractivity contribution >= 4 is 5.91 Å². The van der Waals surface area contributed by atoms with E-state index in [1.165, 1.54) is 6.07 Å². The molecule has 1 amide bonds. The molecule has 0 saturated carbocycles. The predicted molar refractivity (Wildman–Crippen MR) is 79.4 cm³/mol. The number of benzene rings is 2. The molecule has 0 aromatic heterocycles. The van der Waals surface area contributed by atoms with E-state index in [0.29, 0.717) is 26.2 Å². The van der Waals surface area contributed by atoms with E-state index in [2.05, 4.69) is 5.32 Å². The van der Waals surface area contributed by atoms with Gasteiger partial charge in [-0.1, -0.05) is 36.4 Å². The molecule has 0 bridgehead atoms. The maximum atomic E-state index is 13.4. The molecule has 2 aromatic rings. The highest BCUT2D eigenvalue weighted by Crippen LogP contribution is 2.11. The van der Waals surface area contributed by atoms with Crippen LogP contribution in [0.1, 0.15) is 22.3 Å². The van der Waals surface area contributed by atoms with Crippen LogP contribution in [0.25, 0.3) is 0 Å². The van der Waals surface area contributed by atoms with Crippen molar-refractivity contribution in [3.63, 3.8) is 0 Å². The molecule has 0 atom stereocenters. The molecule has 0 radical (unpaired) electrons. The minimum absolute atomic E-state index is 0.293. The van der Waals surface area contributed by atoms with E-state index in [1.807, 2.05) is 30.3 Å². The predicted octanol–water partition coefficient (Wildman–Crippen LogP) is 3.30. The third kappa shape index (κ3) is 4.63. The lowest BCUT2D eigenvalue weighted by Crippen LogP contribution is -2.27. The number of carbonyl (C=O) groups excluding carboxylic acids is 1. The summed E-state index contributed by atoms with van der Waals surface area (Å²) in [6.45, 7) is 1.24. The van der Waals surface area contributed by atoms with Crippen LogP contribution >= 0.6 is 0 Å². The summed E-state index contributed by atoms with van der Waals surface area (Å²) in [4.78, 5) is 11.7. The fourth-order valence-electron chi connectivity index (χ4n) is 1.94. The first-order valence-corrected chi connectivity index (χ1v) is 7.02. The average molecular weight is 305 g/mol.